The SMILES string of the molecule is CNS(=O)(=O)c1cc(/C=C/C(=O)N(Cc2cc(OC)ccc2OC)C2CC2)ccc1OC. The van der Waals surface area contributed by atoms with Gasteiger partial charge in [-0.15, -0.1) is 0 Å². The number of ether oxygens (including phenoxy) is 3. The number of hydrogen-bond donors (Lipinski definition) is 1. The fourth-order valence-electron chi connectivity index (χ4n) is 3.34. The summed E-state index contributed by atoms with van der Waals surface area (Å²) in [7, 11) is 2.22. The number of rotatable bonds is 10. The maximum atomic E-state index is 13.0. The molecule has 2 aromatic rings. The predicted molar refractivity (Wildman–Crippen MR) is 121 cm³/mol. The molecule has 0 heterocycles. The maximum Gasteiger partial charge on any atom is 0.247 e. The quantitative estimate of drug-likeness (QED) is 0.548. The van der Waals surface area contributed by atoms with Crippen molar-refractivity contribution >= 4 is 22.0 Å². The van der Waals surface area contributed by atoms with Crippen molar-refractivity contribution in [2.75, 3.05) is 28.4 Å². The van der Waals surface area contributed by atoms with Gasteiger partial charge in [-0.2, -0.15) is 0 Å². The summed E-state index contributed by atoms with van der Waals surface area (Å²) in [5.41, 5.74) is 1.43. The third-order valence-corrected chi connectivity index (χ3v) is 6.70. The molecule has 1 amide bonds. The molecule has 0 radical (unpaired) electrons. The largest absolute Gasteiger partial charge is 0.497 e. The van der Waals surface area contributed by atoms with Gasteiger partial charge in [-0.05, 0) is 61.9 Å². The van der Waals surface area contributed by atoms with Gasteiger partial charge in [-0.25, -0.2) is 13.1 Å². The zero-order valence-electron chi connectivity index (χ0n) is 18.6. The van der Waals surface area contributed by atoms with E-state index in [0.29, 0.717) is 23.6 Å². The molecule has 9 heteroatoms. The van der Waals surface area contributed by atoms with E-state index in [1.807, 2.05) is 18.2 Å². The highest BCUT2D eigenvalue weighted by Crippen LogP contribution is 2.32. The number of nitrogens with zero attached hydrogens (tertiary/aromatic N) is 1. The topological polar surface area (TPSA) is 94.2 Å². The Labute approximate surface area is 188 Å². The lowest BCUT2D eigenvalue weighted by atomic mass is 10.1. The van der Waals surface area contributed by atoms with E-state index in [2.05, 4.69) is 4.72 Å². The molecule has 172 valence electrons. The van der Waals surface area contributed by atoms with Crippen LogP contribution in [0.5, 0.6) is 17.2 Å². The minimum Gasteiger partial charge on any atom is -0.497 e. The summed E-state index contributed by atoms with van der Waals surface area (Å²) in [6.45, 7) is 0.385. The van der Waals surface area contributed by atoms with Gasteiger partial charge in [0, 0.05) is 17.7 Å². The summed E-state index contributed by atoms with van der Waals surface area (Å²) in [6, 6.07) is 10.4. The fraction of sp³-hybridized carbons (Fsp3) is 0.348. The number of methoxy groups -OCH3 is 3. The van der Waals surface area contributed by atoms with Crippen LogP contribution in [0.4, 0.5) is 0 Å². The average Bonchev–Trinajstić information content (AvgIpc) is 3.65. The lowest BCUT2D eigenvalue weighted by molar-refractivity contribution is -0.127. The Kier molecular flexibility index (Phi) is 7.42. The summed E-state index contributed by atoms with van der Waals surface area (Å²) in [4.78, 5) is 14.8. The lowest BCUT2D eigenvalue weighted by Crippen LogP contribution is -2.31. The van der Waals surface area contributed by atoms with Gasteiger partial charge in [0.25, 0.3) is 0 Å². The fourth-order valence-corrected chi connectivity index (χ4v) is 4.27. The monoisotopic (exact) mass is 460 g/mol. The molecular formula is C23H28N2O6S. The summed E-state index contributed by atoms with van der Waals surface area (Å²) < 4.78 is 42.8. The van der Waals surface area contributed by atoms with Gasteiger partial charge in [0.1, 0.15) is 22.1 Å². The smallest absolute Gasteiger partial charge is 0.247 e. The van der Waals surface area contributed by atoms with E-state index in [-0.39, 0.29) is 22.6 Å². The van der Waals surface area contributed by atoms with E-state index < -0.39 is 10.0 Å². The van der Waals surface area contributed by atoms with Crippen LogP contribution < -0.4 is 18.9 Å². The number of amides is 1. The van der Waals surface area contributed by atoms with Crippen molar-refractivity contribution in [3.8, 4) is 17.2 Å². The zero-order chi connectivity index (χ0) is 23.3. The third kappa shape index (κ3) is 5.41. The molecule has 2 aromatic carbocycles. The second-order valence-electron chi connectivity index (χ2n) is 7.33. The van der Waals surface area contributed by atoms with Crippen LogP contribution in [-0.4, -0.2) is 53.6 Å². The minimum absolute atomic E-state index is 0.0114. The molecule has 1 N–H and O–H groups in total. The van der Waals surface area contributed by atoms with Crippen LogP contribution in [0.3, 0.4) is 0 Å². The Morgan fingerprint density at radius 1 is 1.06 bits per heavy atom. The lowest BCUT2D eigenvalue weighted by Gasteiger charge is -2.22. The first-order valence-corrected chi connectivity index (χ1v) is 11.6. The van der Waals surface area contributed by atoms with Gasteiger partial charge >= 0.3 is 0 Å². The van der Waals surface area contributed by atoms with Gasteiger partial charge in [-0.3, -0.25) is 4.79 Å². The first kappa shape index (κ1) is 23.6. The first-order valence-electron chi connectivity index (χ1n) is 10.1. The van der Waals surface area contributed by atoms with E-state index >= 15 is 0 Å². The molecule has 0 spiro atoms. The number of sulfonamides is 1. The Balaban J connectivity index is 1.84. The van der Waals surface area contributed by atoms with Crippen molar-refractivity contribution in [2.24, 2.45) is 0 Å². The molecule has 0 saturated heterocycles. The van der Waals surface area contributed by atoms with Gasteiger partial charge in [0.15, 0.2) is 0 Å². The third-order valence-electron chi connectivity index (χ3n) is 5.26. The van der Waals surface area contributed by atoms with Crippen LogP contribution in [0.15, 0.2) is 47.4 Å². The van der Waals surface area contributed by atoms with Crippen LogP contribution in [0.25, 0.3) is 6.08 Å². The van der Waals surface area contributed by atoms with E-state index in [1.165, 1.54) is 26.3 Å². The molecule has 8 nitrogen and oxygen atoms in total. The highest BCUT2D eigenvalue weighted by Gasteiger charge is 2.32. The predicted octanol–water partition coefficient (Wildman–Crippen LogP) is 2.82. The summed E-state index contributed by atoms with van der Waals surface area (Å²) >= 11 is 0. The highest BCUT2D eigenvalue weighted by molar-refractivity contribution is 7.89. The zero-order valence-corrected chi connectivity index (χ0v) is 19.4. The van der Waals surface area contributed by atoms with Gasteiger partial charge in [0.2, 0.25) is 15.9 Å². The molecule has 1 saturated carbocycles. The van der Waals surface area contributed by atoms with Crippen molar-refractivity contribution < 1.29 is 27.4 Å². The van der Waals surface area contributed by atoms with Gasteiger partial charge in [-0.1, -0.05) is 6.07 Å². The van der Waals surface area contributed by atoms with Crippen LogP contribution in [0, 0.1) is 0 Å². The molecule has 0 aromatic heterocycles. The van der Waals surface area contributed by atoms with Crippen LogP contribution in [0.2, 0.25) is 0 Å². The molecule has 0 aliphatic heterocycles. The van der Waals surface area contributed by atoms with Gasteiger partial charge < -0.3 is 19.1 Å². The van der Waals surface area contributed by atoms with Crippen LogP contribution in [0.1, 0.15) is 24.0 Å². The van der Waals surface area contributed by atoms with E-state index in [9.17, 15) is 13.2 Å². The van der Waals surface area contributed by atoms with Crippen molar-refractivity contribution in [3.05, 3.63) is 53.6 Å². The molecular weight excluding hydrogens is 432 g/mol. The normalized spacial score (nSPS) is 13.8. The molecule has 3 rings (SSSR count). The Morgan fingerprint density at radius 2 is 1.75 bits per heavy atom. The summed E-state index contributed by atoms with van der Waals surface area (Å²) in [5, 5.41) is 0. The van der Waals surface area contributed by atoms with Crippen molar-refractivity contribution in [3.63, 3.8) is 0 Å². The molecule has 0 atom stereocenters. The summed E-state index contributed by atoms with van der Waals surface area (Å²) in [5.74, 6) is 1.44. The molecule has 1 aliphatic carbocycles. The molecule has 0 unspecified atom stereocenters. The average molecular weight is 461 g/mol. The molecule has 1 fully saturated rings. The van der Waals surface area contributed by atoms with E-state index in [1.54, 1.807) is 37.3 Å². The van der Waals surface area contributed by atoms with Crippen LogP contribution >= 0.6 is 0 Å². The number of nitrogens with one attached hydrogen (secondary N) is 1. The summed E-state index contributed by atoms with van der Waals surface area (Å²) in [6.07, 6.45) is 4.95. The number of carbonyl (C=O) groups excluding carboxylic acids is 1. The Bertz CT molecular complexity index is 1110. The Morgan fingerprint density at radius 3 is 2.34 bits per heavy atom. The molecule has 1 aliphatic rings. The van der Waals surface area contributed by atoms with Crippen molar-refractivity contribution in [1.29, 1.82) is 0 Å². The minimum atomic E-state index is -3.71. The van der Waals surface area contributed by atoms with Gasteiger partial charge in [0.05, 0.1) is 27.9 Å². The van der Waals surface area contributed by atoms with E-state index in [0.717, 1.165) is 18.4 Å². The van der Waals surface area contributed by atoms with Crippen LogP contribution in [-0.2, 0) is 21.4 Å². The van der Waals surface area contributed by atoms with E-state index in [4.69, 9.17) is 14.2 Å². The molecule has 0 bridgehead atoms. The highest BCUT2D eigenvalue weighted by atomic mass is 32.2. The second-order valence-corrected chi connectivity index (χ2v) is 9.18. The standard InChI is InChI=1S/C23H28N2O6S/c1-24-32(27,28)22-13-16(5-10-21(22)31-4)6-12-23(26)25(18-7-8-18)15-17-14-19(29-2)9-11-20(17)30-3/h5-6,9-14,18,24H,7-8,15H2,1-4H3/b12-6+. The first-order chi connectivity index (χ1) is 15.3. The second kappa shape index (κ2) is 10.1. The Hall–Kier alpha value is -3.04. The maximum absolute atomic E-state index is 13.0. The van der Waals surface area contributed by atoms with Crippen molar-refractivity contribution in [2.45, 2.75) is 30.3 Å². The number of benzene rings is 2. The number of hydrogen-bond acceptors (Lipinski definition) is 6. The number of carbonyl (C=O) groups is 1. The van der Waals surface area contributed by atoms with Crippen molar-refractivity contribution in [1.82, 2.24) is 9.62 Å². The molecule has 32 heavy (non-hydrogen) atoms.